The highest BCUT2D eigenvalue weighted by Crippen LogP contribution is 2.36. The minimum atomic E-state index is -1.10. The summed E-state index contributed by atoms with van der Waals surface area (Å²) in [4.78, 5) is 3.56. The minimum Gasteiger partial charge on any atom is -0.595 e. The first-order valence-corrected chi connectivity index (χ1v) is 5.59. The molecule has 9 heteroatoms. The van der Waals surface area contributed by atoms with Crippen LogP contribution in [0.25, 0.3) is 0 Å². The zero-order valence-electron chi connectivity index (χ0n) is 8.94. The third-order valence-electron chi connectivity index (χ3n) is 1.99. The molecule has 0 aliphatic heterocycles. The minimum absolute atomic E-state index is 0.0261. The number of aromatic hydroxyl groups is 1. The number of benzene rings is 1. The van der Waals surface area contributed by atoms with Crippen LogP contribution in [-0.4, -0.2) is 15.3 Å². The van der Waals surface area contributed by atoms with Crippen molar-refractivity contribution in [3.05, 3.63) is 29.5 Å². The smallest absolute Gasteiger partial charge is 0.252 e. The van der Waals surface area contributed by atoms with E-state index in [4.69, 9.17) is 10.9 Å². The average molecular weight is 267 g/mol. The molecule has 8 nitrogen and oxygen atoms in total. The van der Waals surface area contributed by atoms with Crippen molar-refractivity contribution in [2.45, 2.75) is 0 Å². The first-order chi connectivity index (χ1) is 8.58. The number of para-hydroxylation sites is 1. The van der Waals surface area contributed by atoms with Gasteiger partial charge in [0.2, 0.25) is 5.00 Å². The summed E-state index contributed by atoms with van der Waals surface area (Å²) < 4.78 is 0. The van der Waals surface area contributed by atoms with Crippen LogP contribution in [0.3, 0.4) is 0 Å². The summed E-state index contributed by atoms with van der Waals surface area (Å²) in [6, 6.07) is 6.15. The molecule has 2 aromatic rings. The lowest BCUT2D eigenvalue weighted by Crippen LogP contribution is -2.99. The fraction of sp³-hybridized carbons (Fsp3) is 0. The molecule has 0 spiro atoms. The van der Waals surface area contributed by atoms with Crippen LogP contribution in [0.5, 0.6) is 5.88 Å². The SMILES string of the molecule is Nc1nc(O)c(N=Nc2ccccc2[NH+]([O-])O)s1. The summed E-state index contributed by atoms with van der Waals surface area (Å²) in [5, 5.41) is 35.9. The zero-order valence-corrected chi connectivity index (χ0v) is 9.76. The molecule has 0 aliphatic carbocycles. The van der Waals surface area contributed by atoms with Gasteiger partial charge in [-0.2, -0.15) is 10.2 Å². The van der Waals surface area contributed by atoms with E-state index in [0.717, 1.165) is 11.3 Å². The quantitative estimate of drug-likeness (QED) is 0.491. The fourth-order valence-corrected chi connectivity index (χ4v) is 1.77. The van der Waals surface area contributed by atoms with Gasteiger partial charge in [0.05, 0.1) is 0 Å². The Hall–Kier alpha value is -2.07. The number of nitrogens with one attached hydrogen (secondary N) is 1. The molecule has 0 radical (unpaired) electrons. The van der Waals surface area contributed by atoms with E-state index < -0.39 is 5.23 Å². The molecule has 0 bridgehead atoms. The van der Waals surface area contributed by atoms with Crippen molar-refractivity contribution in [1.82, 2.24) is 4.98 Å². The van der Waals surface area contributed by atoms with Gasteiger partial charge in [0.25, 0.3) is 5.88 Å². The Morgan fingerprint density at radius 2 is 2.06 bits per heavy atom. The monoisotopic (exact) mass is 267 g/mol. The lowest BCUT2D eigenvalue weighted by atomic mass is 10.3. The Morgan fingerprint density at radius 3 is 2.67 bits per heavy atom. The highest BCUT2D eigenvalue weighted by molar-refractivity contribution is 7.19. The van der Waals surface area contributed by atoms with Gasteiger partial charge in [-0.25, -0.2) is 5.21 Å². The Labute approximate surface area is 105 Å². The summed E-state index contributed by atoms with van der Waals surface area (Å²) in [7, 11) is 0. The van der Waals surface area contributed by atoms with Crippen molar-refractivity contribution in [2.75, 3.05) is 5.73 Å². The molecule has 2 rings (SSSR count). The second kappa shape index (κ2) is 5.06. The first kappa shape index (κ1) is 12.4. The third kappa shape index (κ3) is 2.60. The molecule has 94 valence electrons. The van der Waals surface area contributed by atoms with Crippen molar-refractivity contribution in [3.63, 3.8) is 0 Å². The van der Waals surface area contributed by atoms with Crippen molar-refractivity contribution in [2.24, 2.45) is 10.2 Å². The van der Waals surface area contributed by atoms with Gasteiger partial charge in [-0.05, 0) is 6.07 Å². The Balaban J connectivity index is 2.32. The highest BCUT2D eigenvalue weighted by Gasteiger charge is 2.09. The summed E-state index contributed by atoms with van der Waals surface area (Å²) in [6.45, 7) is 0. The normalized spacial score (nSPS) is 13.0. The largest absolute Gasteiger partial charge is 0.595 e. The van der Waals surface area contributed by atoms with E-state index in [9.17, 15) is 10.3 Å². The van der Waals surface area contributed by atoms with Gasteiger partial charge in [-0.3, -0.25) is 0 Å². The second-order valence-corrected chi connectivity index (χ2v) is 4.21. The van der Waals surface area contributed by atoms with Crippen LogP contribution in [-0.2, 0) is 0 Å². The van der Waals surface area contributed by atoms with Crippen LogP contribution in [0.1, 0.15) is 0 Å². The van der Waals surface area contributed by atoms with E-state index in [0.29, 0.717) is 0 Å². The average Bonchev–Trinajstić information content (AvgIpc) is 2.65. The molecular formula is C9H9N5O3S. The predicted molar refractivity (Wildman–Crippen MR) is 64.6 cm³/mol. The van der Waals surface area contributed by atoms with Gasteiger partial charge in [0.1, 0.15) is 5.69 Å². The van der Waals surface area contributed by atoms with Crippen LogP contribution < -0.4 is 11.0 Å². The maximum atomic E-state index is 10.9. The Morgan fingerprint density at radius 1 is 1.33 bits per heavy atom. The second-order valence-electron chi connectivity index (χ2n) is 3.20. The number of thiazole rings is 1. The van der Waals surface area contributed by atoms with Gasteiger partial charge in [-0.1, -0.05) is 23.5 Å². The molecular weight excluding hydrogens is 258 g/mol. The van der Waals surface area contributed by atoms with Gasteiger partial charge in [0.15, 0.2) is 10.8 Å². The molecule has 1 unspecified atom stereocenters. The lowest BCUT2D eigenvalue weighted by molar-refractivity contribution is -0.990. The van der Waals surface area contributed by atoms with E-state index in [1.807, 2.05) is 0 Å². The predicted octanol–water partition coefficient (Wildman–Crippen LogP) is 1.25. The number of hydrogen-bond donors (Lipinski definition) is 4. The van der Waals surface area contributed by atoms with E-state index in [-0.39, 0.29) is 27.4 Å². The van der Waals surface area contributed by atoms with Crippen molar-refractivity contribution in [3.8, 4) is 5.88 Å². The van der Waals surface area contributed by atoms with Gasteiger partial charge >= 0.3 is 0 Å². The number of nitrogen functional groups attached to an aromatic ring is 1. The van der Waals surface area contributed by atoms with Crippen molar-refractivity contribution < 1.29 is 15.5 Å². The number of azo groups is 1. The summed E-state index contributed by atoms with van der Waals surface area (Å²) in [5.41, 5.74) is 5.60. The number of rotatable bonds is 3. The van der Waals surface area contributed by atoms with Crippen LogP contribution in [0, 0.1) is 5.21 Å². The summed E-state index contributed by atoms with van der Waals surface area (Å²) >= 11 is 0.957. The molecule has 0 saturated carbocycles. The third-order valence-corrected chi connectivity index (χ3v) is 2.75. The number of anilines is 1. The maximum Gasteiger partial charge on any atom is 0.252 e. The molecule has 5 N–H and O–H groups in total. The summed E-state index contributed by atoms with van der Waals surface area (Å²) in [6.07, 6.45) is 0. The number of aromatic nitrogens is 1. The topological polar surface area (TPSA) is 132 Å². The molecule has 0 aliphatic rings. The number of nitrogens with two attached hydrogens (primary N) is 1. The van der Waals surface area contributed by atoms with Crippen LogP contribution in [0.4, 0.5) is 21.5 Å². The van der Waals surface area contributed by atoms with Crippen molar-refractivity contribution in [1.29, 1.82) is 0 Å². The number of hydrogen-bond acceptors (Lipinski definition) is 8. The van der Waals surface area contributed by atoms with Gasteiger partial charge < -0.3 is 16.0 Å². The highest BCUT2D eigenvalue weighted by atomic mass is 32.1. The Kier molecular flexibility index (Phi) is 3.48. The molecule has 18 heavy (non-hydrogen) atoms. The molecule has 1 heterocycles. The zero-order chi connectivity index (χ0) is 13.1. The first-order valence-electron chi connectivity index (χ1n) is 4.77. The van der Waals surface area contributed by atoms with E-state index in [2.05, 4.69) is 15.2 Å². The maximum absolute atomic E-state index is 10.9. The van der Waals surface area contributed by atoms with Crippen LogP contribution >= 0.6 is 11.3 Å². The fourth-order valence-electron chi connectivity index (χ4n) is 1.23. The number of nitrogens with zero attached hydrogens (tertiary/aromatic N) is 3. The number of quaternary nitrogens is 1. The Bertz CT molecular complexity index is 583. The molecule has 0 saturated heterocycles. The van der Waals surface area contributed by atoms with E-state index >= 15 is 0 Å². The van der Waals surface area contributed by atoms with Crippen LogP contribution in [0.15, 0.2) is 34.5 Å². The molecule has 0 amide bonds. The van der Waals surface area contributed by atoms with E-state index in [1.165, 1.54) is 12.1 Å². The van der Waals surface area contributed by atoms with Gasteiger partial charge in [-0.15, -0.1) is 10.2 Å². The molecule has 1 atom stereocenters. The van der Waals surface area contributed by atoms with Gasteiger partial charge in [0, 0.05) is 6.07 Å². The lowest BCUT2D eigenvalue weighted by Gasteiger charge is -2.12. The van der Waals surface area contributed by atoms with Crippen LogP contribution in [0.2, 0.25) is 0 Å². The molecule has 1 aromatic heterocycles. The van der Waals surface area contributed by atoms with E-state index in [1.54, 1.807) is 12.1 Å². The standard InChI is InChI=1S/C9H9N5O3S/c10-9-11-7(15)8(18-9)13-12-5-3-1-2-4-6(5)14(16)17/h1-4,14-16H,(H2,10,11). The summed E-state index contributed by atoms with van der Waals surface area (Å²) in [5.74, 6) is -0.325. The molecule has 0 fully saturated rings. The van der Waals surface area contributed by atoms with Crippen molar-refractivity contribution >= 4 is 32.8 Å². The molecule has 1 aromatic carbocycles.